The van der Waals surface area contributed by atoms with E-state index < -0.39 is 0 Å². The quantitative estimate of drug-likeness (QED) is 0.887. The molecule has 0 saturated heterocycles. The molecule has 0 amide bonds. The molecular weight excluding hydrogens is 256 g/mol. The number of halogens is 1. The van der Waals surface area contributed by atoms with Gasteiger partial charge in [0.15, 0.2) is 0 Å². The fraction of sp³-hybridized carbons (Fsp3) is 0.625. The summed E-state index contributed by atoms with van der Waals surface area (Å²) in [6, 6.07) is 6.30. The average Bonchev–Trinajstić information content (AvgIpc) is 2.84. The van der Waals surface area contributed by atoms with Gasteiger partial charge in [0.25, 0.3) is 0 Å². The van der Waals surface area contributed by atoms with Gasteiger partial charge in [-0.3, -0.25) is 0 Å². The van der Waals surface area contributed by atoms with Crippen LogP contribution in [0.4, 0.5) is 5.69 Å². The van der Waals surface area contributed by atoms with E-state index in [-0.39, 0.29) is 6.04 Å². The third-order valence-corrected chi connectivity index (χ3v) is 4.39. The number of benzene rings is 1. The van der Waals surface area contributed by atoms with Crippen molar-refractivity contribution in [3.63, 3.8) is 0 Å². The molecule has 0 aromatic heterocycles. The van der Waals surface area contributed by atoms with E-state index in [1.165, 1.54) is 36.9 Å². The Morgan fingerprint density at radius 1 is 1.37 bits per heavy atom. The minimum atomic E-state index is 0.138. The van der Waals surface area contributed by atoms with Crippen molar-refractivity contribution in [2.75, 3.05) is 18.5 Å². The van der Waals surface area contributed by atoms with Gasteiger partial charge in [-0.05, 0) is 49.8 Å². The normalized spacial score (nSPS) is 17.7. The lowest BCUT2D eigenvalue weighted by Crippen LogP contribution is -2.26. The molecule has 2 N–H and O–H groups in total. The molecule has 0 heterocycles. The van der Waals surface area contributed by atoms with Crippen LogP contribution < -0.4 is 10.6 Å². The molecule has 1 aromatic carbocycles. The summed E-state index contributed by atoms with van der Waals surface area (Å²) in [5.74, 6) is 0.840. The van der Waals surface area contributed by atoms with Crippen molar-refractivity contribution in [1.82, 2.24) is 0 Å². The Labute approximate surface area is 121 Å². The van der Waals surface area contributed by atoms with Gasteiger partial charge in [0.1, 0.15) is 0 Å². The number of hydrogen-bond acceptors (Lipinski definition) is 2. The Bertz CT molecular complexity index is 411. The number of hydrogen-bond donors (Lipinski definition) is 1. The fourth-order valence-corrected chi connectivity index (χ4v) is 3.35. The number of nitrogens with two attached hydrogens (primary N) is 1. The van der Waals surface area contributed by atoms with Crippen LogP contribution in [0.3, 0.4) is 0 Å². The summed E-state index contributed by atoms with van der Waals surface area (Å²) in [4.78, 5) is 2.36. The van der Waals surface area contributed by atoms with E-state index in [2.05, 4.69) is 18.0 Å². The van der Waals surface area contributed by atoms with Crippen molar-refractivity contribution >= 4 is 17.3 Å². The number of nitrogens with zero attached hydrogens (tertiary/aromatic N) is 1. The van der Waals surface area contributed by atoms with Gasteiger partial charge in [0.05, 0.1) is 0 Å². The molecular formula is C16H25ClN2. The van der Waals surface area contributed by atoms with E-state index in [9.17, 15) is 0 Å². The fourth-order valence-electron chi connectivity index (χ4n) is 3.11. The molecule has 2 nitrogen and oxygen atoms in total. The Hall–Kier alpha value is -0.730. The average molecular weight is 281 g/mol. The minimum Gasteiger partial charge on any atom is -0.374 e. The molecule has 0 aliphatic heterocycles. The van der Waals surface area contributed by atoms with E-state index in [0.717, 1.165) is 23.9 Å². The molecule has 1 aromatic rings. The van der Waals surface area contributed by atoms with Crippen LogP contribution in [0.15, 0.2) is 18.2 Å². The van der Waals surface area contributed by atoms with E-state index in [0.29, 0.717) is 0 Å². The summed E-state index contributed by atoms with van der Waals surface area (Å²) in [6.07, 6.45) is 6.35. The highest BCUT2D eigenvalue weighted by molar-refractivity contribution is 6.31. The van der Waals surface area contributed by atoms with E-state index in [4.69, 9.17) is 17.3 Å². The molecule has 1 saturated carbocycles. The zero-order chi connectivity index (χ0) is 13.8. The second-order valence-electron chi connectivity index (χ2n) is 5.95. The zero-order valence-electron chi connectivity index (χ0n) is 12.0. The first-order valence-corrected chi connectivity index (χ1v) is 7.70. The molecule has 2 rings (SSSR count). The second-order valence-corrected chi connectivity index (χ2v) is 6.36. The minimum absolute atomic E-state index is 0.138. The zero-order valence-corrected chi connectivity index (χ0v) is 12.8. The largest absolute Gasteiger partial charge is 0.374 e. The SMILES string of the molecule is CC(N)Cc1c(Cl)cccc1N(C)CC1CCCC1. The molecule has 1 unspecified atom stereocenters. The number of rotatable bonds is 5. The highest BCUT2D eigenvalue weighted by atomic mass is 35.5. The lowest BCUT2D eigenvalue weighted by atomic mass is 10.0. The lowest BCUT2D eigenvalue weighted by Gasteiger charge is -2.26. The van der Waals surface area contributed by atoms with Crippen LogP contribution >= 0.6 is 11.6 Å². The van der Waals surface area contributed by atoms with E-state index in [1.54, 1.807) is 0 Å². The molecule has 3 heteroatoms. The summed E-state index contributed by atoms with van der Waals surface area (Å²) < 4.78 is 0. The summed E-state index contributed by atoms with van der Waals surface area (Å²) >= 11 is 6.35. The van der Waals surface area contributed by atoms with Crippen molar-refractivity contribution in [2.24, 2.45) is 11.7 Å². The first-order valence-electron chi connectivity index (χ1n) is 7.32. The summed E-state index contributed by atoms with van der Waals surface area (Å²) in [6.45, 7) is 3.16. The summed E-state index contributed by atoms with van der Waals surface area (Å²) in [7, 11) is 2.18. The van der Waals surface area contributed by atoms with E-state index >= 15 is 0 Å². The Morgan fingerprint density at radius 2 is 2.05 bits per heavy atom. The Kier molecular flexibility index (Phi) is 5.12. The topological polar surface area (TPSA) is 29.3 Å². The van der Waals surface area contributed by atoms with Crippen LogP contribution in [0.2, 0.25) is 5.02 Å². The molecule has 1 fully saturated rings. The monoisotopic (exact) mass is 280 g/mol. The van der Waals surface area contributed by atoms with E-state index in [1.807, 2.05) is 19.1 Å². The molecule has 0 radical (unpaired) electrons. The van der Waals surface area contributed by atoms with Gasteiger partial charge in [-0.25, -0.2) is 0 Å². The van der Waals surface area contributed by atoms with Crippen molar-refractivity contribution in [3.8, 4) is 0 Å². The van der Waals surface area contributed by atoms with Crippen LogP contribution in [0, 0.1) is 5.92 Å². The van der Waals surface area contributed by atoms with Gasteiger partial charge in [-0.2, -0.15) is 0 Å². The van der Waals surface area contributed by atoms with Crippen LogP contribution in [-0.2, 0) is 6.42 Å². The first-order chi connectivity index (χ1) is 9.08. The second kappa shape index (κ2) is 6.62. The van der Waals surface area contributed by atoms with Crippen LogP contribution in [0.1, 0.15) is 38.2 Å². The first kappa shape index (κ1) is 14.7. The van der Waals surface area contributed by atoms with Gasteiger partial charge in [-0.15, -0.1) is 0 Å². The third-order valence-electron chi connectivity index (χ3n) is 4.04. The lowest BCUT2D eigenvalue weighted by molar-refractivity contribution is 0.546. The molecule has 106 valence electrons. The van der Waals surface area contributed by atoms with Crippen molar-refractivity contribution in [2.45, 2.75) is 45.1 Å². The maximum Gasteiger partial charge on any atom is 0.0459 e. The van der Waals surface area contributed by atoms with Crippen LogP contribution in [-0.4, -0.2) is 19.6 Å². The summed E-state index contributed by atoms with van der Waals surface area (Å²) in [5.41, 5.74) is 8.39. The van der Waals surface area contributed by atoms with Gasteiger partial charge in [0, 0.05) is 30.3 Å². The molecule has 1 aliphatic rings. The van der Waals surface area contributed by atoms with Gasteiger partial charge in [-0.1, -0.05) is 30.5 Å². The predicted octanol–water partition coefficient (Wildman–Crippen LogP) is 3.86. The molecule has 1 atom stereocenters. The number of anilines is 1. The van der Waals surface area contributed by atoms with Crippen LogP contribution in [0.25, 0.3) is 0 Å². The highest BCUT2D eigenvalue weighted by Crippen LogP contribution is 2.31. The van der Waals surface area contributed by atoms with Crippen LogP contribution in [0.5, 0.6) is 0 Å². The van der Waals surface area contributed by atoms with Gasteiger partial charge < -0.3 is 10.6 Å². The Morgan fingerprint density at radius 3 is 2.68 bits per heavy atom. The van der Waals surface area contributed by atoms with Crippen molar-refractivity contribution in [3.05, 3.63) is 28.8 Å². The molecule has 19 heavy (non-hydrogen) atoms. The summed E-state index contributed by atoms with van der Waals surface area (Å²) in [5, 5.41) is 0.841. The molecule has 1 aliphatic carbocycles. The third kappa shape index (κ3) is 3.87. The standard InChI is InChI=1S/C16H25ClN2/c1-12(18)10-14-15(17)8-5-9-16(14)19(2)11-13-6-3-4-7-13/h5,8-9,12-13H,3-4,6-7,10-11,18H2,1-2H3. The Balaban J connectivity index is 2.14. The van der Waals surface area contributed by atoms with Crippen molar-refractivity contribution in [1.29, 1.82) is 0 Å². The smallest absolute Gasteiger partial charge is 0.0459 e. The highest BCUT2D eigenvalue weighted by Gasteiger charge is 2.19. The maximum absolute atomic E-state index is 6.35. The molecule has 0 spiro atoms. The van der Waals surface area contributed by atoms with Crippen molar-refractivity contribution < 1.29 is 0 Å². The predicted molar refractivity (Wildman–Crippen MR) is 84.0 cm³/mol. The maximum atomic E-state index is 6.35. The van der Waals surface area contributed by atoms with Gasteiger partial charge >= 0.3 is 0 Å². The van der Waals surface area contributed by atoms with Gasteiger partial charge in [0.2, 0.25) is 0 Å². The molecule has 0 bridgehead atoms.